The minimum absolute atomic E-state index is 0.636. The highest BCUT2D eigenvalue weighted by Crippen LogP contribution is 1.84. The highest BCUT2D eigenvalue weighted by atomic mass is 28.2. The summed E-state index contributed by atoms with van der Waals surface area (Å²) in [5.41, 5.74) is 0.636. The highest BCUT2D eigenvalue weighted by molar-refractivity contribution is 6.13. The van der Waals surface area contributed by atoms with E-state index in [1.807, 2.05) is 26.0 Å². The molecule has 4 heteroatoms. The Morgan fingerprint density at radius 1 is 1.40 bits per heavy atom. The van der Waals surface area contributed by atoms with Gasteiger partial charge in [0, 0.05) is 16.0 Å². The molecule has 0 aromatic heterocycles. The second-order valence-corrected chi connectivity index (χ2v) is 4.56. The molecule has 0 heterocycles. The average Bonchev–Trinajstić information content (AvgIpc) is 1.85. The van der Waals surface area contributed by atoms with Gasteiger partial charge in [-0.25, -0.2) is 0 Å². The Hall–Kier alpha value is 0.354. The number of rotatable bonds is 2. The lowest BCUT2D eigenvalue weighted by atomic mass is 10.5. The molecule has 0 amide bonds. The van der Waals surface area contributed by atoms with Crippen molar-refractivity contribution in [1.29, 1.82) is 0 Å². The summed E-state index contributed by atoms with van der Waals surface area (Å²) in [6.45, 7) is 2.16. The van der Waals surface area contributed by atoms with Crippen molar-refractivity contribution in [1.82, 2.24) is 4.90 Å². The molecule has 0 fully saturated rings. The van der Waals surface area contributed by atoms with Crippen molar-refractivity contribution in [3.05, 3.63) is 0 Å². The Kier molecular flexibility index (Phi) is 12.1. The molecule has 0 spiro atoms. The molecular weight excluding hydrogens is 158 g/mol. The van der Waals surface area contributed by atoms with Crippen LogP contribution in [0.4, 0.5) is 0 Å². The second-order valence-electron chi connectivity index (χ2n) is 2.80. The maximum Gasteiger partial charge on any atom is 0.145 e. The van der Waals surface area contributed by atoms with Crippen LogP contribution in [-0.2, 0) is 4.43 Å². The molecular formula is C6H21NOSi2. The summed E-state index contributed by atoms with van der Waals surface area (Å²) in [5.74, 6) is 0. The Bertz CT molecular complexity index is 55.0. The molecule has 0 aromatic carbocycles. The summed E-state index contributed by atoms with van der Waals surface area (Å²) in [4.78, 5) is 2.00. The lowest BCUT2D eigenvalue weighted by Gasteiger charge is -2.02. The molecule has 0 aromatic rings. The zero-order valence-electron chi connectivity index (χ0n) is 8.14. The van der Waals surface area contributed by atoms with E-state index in [2.05, 4.69) is 6.92 Å². The van der Waals surface area contributed by atoms with Gasteiger partial charge in [0.15, 0.2) is 0 Å². The van der Waals surface area contributed by atoms with Gasteiger partial charge in [-0.2, -0.15) is 0 Å². The summed E-state index contributed by atoms with van der Waals surface area (Å²) in [6.07, 6.45) is 1.20. The Labute approximate surface area is 70.9 Å². The van der Waals surface area contributed by atoms with Gasteiger partial charge in [0.05, 0.1) is 0 Å². The summed E-state index contributed by atoms with van der Waals surface area (Å²) < 4.78 is 5.10. The van der Waals surface area contributed by atoms with Gasteiger partial charge in [-0.3, -0.25) is 0 Å². The van der Waals surface area contributed by atoms with Crippen molar-refractivity contribution in [3.63, 3.8) is 0 Å². The third-order valence-electron chi connectivity index (χ3n) is 0.977. The molecule has 0 aliphatic heterocycles. The fourth-order valence-corrected chi connectivity index (χ4v) is 0.500. The standard InChI is InChI=1S/C3H9N.C3H12OSi2/c1-4(2)3;1-2-3(5)4-6/h1-3H3;3H,2H2,1,5-6H3. The summed E-state index contributed by atoms with van der Waals surface area (Å²) in [5, 5.41) is 0. The molecule has 1 atom stereocenters. The van der Waals surface area contributed by atoms with Crippen LogP contribution >= 0.6 is 0 Å². The first-order chi connectivity index (χ1) is 4.54. The van der Waals surface area contributed by atoms with Crippen LogP contribution in [0.1, 0.15) is 13.3 Å². The lowest BCUT2D eigenvalue weighted by Crippen LogP contribution is -2.07. The van der Waals surface area contributed by atoms with E-state index in [-0.39, 0.29) is 0 Å². The molecule has 2 nitrogen and oxygen atoms in total. The smallest absolute Gasteiger partial charge is 0.145 e. The number of hydrogen-bond acceptors (Lipinski definition) is 2. The average molecular weight is 179 g/mol. The van der Waals surface area contributed by atoms with E-state index in [1.54, 1.807) is 0 Å². The molecule has 64 valence electrons. The highest BCUT2D eigenvalue weighted by Gasteiger charge is 1.87. The summed E-state index contributed by atoms with van der Waals surface area (Å²) in [6, 6.07) is 0. The van der Waals surface area contributed by atoms with Gasteiger partial charge in [-0.15, -0.1) is 0 Å². The Balaban J connectivity index is 0. The van der Waals surface area contributed by atoms with E-state index in [0.29, 0.717) is 5.73 Å². The molecule has 0 radical (unpaired) electrons. The first-order valence-electron chi connectivity index (χ1n) is 3.68. The fraction of sp³-hybridized carbons (Fsp3) is 1.00. The first-order valence-corrected chi connectivity index (χ1v) is 5.65. The van der Waals surface area contributed by atoms with Crippen molar-refractivity contribution in [2.75, 3.05) is 21.1 Å². The third kappa shape index (κ3) is 23.8. The Morgan fingerprint density at radius 3 is 1.70 bits per heavy atom. The van der Waals surface area contributed by atoms with Crippen LogP contribution in [0.25, 0.3) is 0 Å². The minimum atomic E-state index is 0.636. The molecule has 0 bridgehead atoms. The first kappa shape index (κ1) is 13.0. The van der Waals surface area contributed by atoms with Gasteiger partial charge in [0.2, 0.25) is 0 Å². The second kappa shape index (κ2) is 9.35. The van der Waals surface area contributed by atoms with Crippen LogP contribution in [0.3, 0.4) is 0 Å². The molecule has 10 heavy (non-hydrogen) atoms. The van der Waals surface area contributed by atoms with Crippen molar-refractivity contribution in [2.45, 2.75) is 19.1 Å². The third-order valence-corrected chi connectivity index (χ3v) is 4.01. The predicted molar refractivity (Wildman–Crippen MR) is 54.7 cm³/mol. The molecule has 0 saturated carbocycles. The maximum absolute atomic E-state index is 5.10. The summed E-state index contributed by atoms with van der Waals surface area (Å²) in [7, 11) is 8.12. The van der Waals surface area contributed by atoms with Gasteiger partial charge in [-0.05, 0) is 27.6 Å². The van der Waals surface area contributed by atoms with Gasteiger partial charge in [0.25, 0.3) is 0 Å². The molecule has 0 rings (SSSR count). The largest absolute Gasteiger partial charge is 0.429 e. The van der Waals surface area contributed by atoms with Crippen LogP contribution < -0.4 is 0 Å². The normalized spacial score (nSPS) is 12.9. The van der Waals surface area contributed by atoms with Gasteiger partial charge < -0.3 is 9.33 Å². The molecule has 0 aliphatic rings. The zero-order chi connectivity index (χ0) is 8.57. The lowest BCUT2D eigenvalue weighted by molar-refractivity contribution is 0.304. The predicted octanol–water partition coefficient (Wildman–Crippen LogP) is -1.44. The SMILES string of the molecule is CCC([SiH3])O[SiH3].CN(C)C. The van der Waals surface area contributed by atoms with Gasteiger partial charge in [0.1, 0.15) is 10.5 Å². The number of nitrogens with zero attached hydrogens (tertiary/aromatic N) is 1. The molecule has 0 saturated heterocycles. The minimum Gasteiger partial charge on any atom is -0.429 e. The topological polar surface area (TPSA) is 12.5 Å². The van der Waals surface area contributed by atoms with Crippen LogP contribution in [0, 0.1) is 0 Å². The van der Waals surface area contributed by atoms with Gasteiger partial charge in [-0.1, -0.05) is 6.92 Å². The van der Waals surface area contributed by atoms with Crippen molar-refractivity contribution < 1.29 is 4.43 Å². The summed E-state index contributed by atoms with van der Waals surface area (Å²) >= 11 is 0. The molecule has 0 N–H and O–H groups in total. The molecule has 1 unspecified atom stereocenters. The van der Waals surface area contributed by atoms with Crippen LogP contribution in [0.5, 0.6) is 0 Å². The quantitative estimate of drug-likeness (QED) is 0.482. The zero-order valence-corrected chi connectivity index (χ0v) is 12.1. The van der Waals surface area contributed by atoms with Crippen LogP contribution in [0.15, 0.2) is 0 Å². The Morgan fingerprint density at radius 2 is 1.70 bits per heavy atom. The van der Waals surface area contributed by atoms with Crippen molar-refractivity contribution >= 4 is 20.7 Å². The van der Waals surface area contributed by atoms with E-state index >= 15 is 0 Å². The van der Waals surface area contributed by atoms with Crippen molar-refractivity contribution in [3.8, 4) is 0 Å². The molecule has 0 aliphatic carbocycles. The maximum atomic E-state index is 5.10. The monoisotopic (exact) mass is 179 g/mol. The van der Waals surface area contributed by atoms with E-state index in [9.17, 15) is 0 Å². The van der Waals surface area contributed by atoms with Gasteiger partial charge >= 0.3 is 0 Å². The van der Waals surface area contributed by atoms with Crippen LogP contribution in [0.2, 0.25) is 0 Å². The van der Waals surface area contributed by atoms with Crippen molar-refractivity contribution in [2.24, 2.45) is 0 Å². The van der Waals surface area contributed by atoms with E-state index in [4.69, 9.17) is 4.43 Å². The van der Waals surface area contributed by atoms with E-state index < -0.39 is 0 Å². The fourth-order valence-electron chi connectivity index (χ4n) is 0.167. The van der Waals surface area contributed by atoms with E-state index in [1.165, 1.54) is 16.7 Å². The van der Waals surface area contributed by atoms with E-state index in [0.717, 1.165) is 10.5 Å². The van der Waals surface area contributed by atoms with Crippen LogP contribution in [-0.4, -0.2) is 52.5 Å². The number of hydrogen-bond donors (Lipinski definition) is 0.